The van der Waals surface area contributed by atoms with E-state index in [1.807, 2.05) is 20.8 Å². The molecule has 1 heterocycles. The lowest BCUT2D eigenvalue weighted by Crippen LogP contribution is -2.36. The van der Waals surface area contributed by atoms with Crippen molar-refractivity contribution in [2.24, 2.45) is 5.41 Å². The van der Waals surface area contributed by atoms with Crippen molar-refractivity contribution < 1.29 is 35.1 Å². The Labute approximate surface area is 206 Å². The molecule has 3 nitrogen and oxygen atoms in total. The monoisotopic (exact) mass is 530 g/mol. The largest absolute Gasteiger partial charge is 0.416 e. The molecule has 37 heavy (non-hydrogen) atoms. The topological polar surface area (TPSA) is 26.9 Å². The van der Waals surface area contributed by atoms with Gasteiger partial charge in [-0.3, -0.25) is 9.48 Å². The van der Waals surface area contributed by atoms with Crippen LogP contribution in [-0.2, 0) is 24.3 Å². The summed E-state index contributed by atoms with van der Waals surface area (Å²) < 4.78 is 112. The van der Waals surface area contributed by atoms with E-state index in [1.165, 1.54) is 4.68 Å². The summed E-state index contributed by atoms with van der Waals surface area (Å²) in [7, 11) is 0. The zero-order valence-corrected chi connectivity index (χ0v) is 20.0. The Kier molecular flexibility index (Phi) is 5.32. The van der Waals surface area contributed by atoms with Gasteiger partial charge in [-0.25, -0.2) is 13.5 Å². The van der Waals surface area contributed by atoms with Gasteiger partial charge >= 0.3 is 12.4 Å². The van der Waals surface area contributed by atoms with Crippen molar-refractivity contribution in [1.82, 2.24) is 9.36 Å². The van der Waals surface area contributed by atoms with Crippen LogP contribution < -0.4 is 5.56 Å². The Morgan fingerprint density at radius 2 is 1.51 bits per heavy atom. The van der Waals surface area contributed by atoms with Crippen LogP contribution in [0.4, 0.5) is 35.1 Å². The van der Waals surface area contributed by atoms with E-state index in [0.717, 1.165) is 16.8 Å². The molecule has 2 aliphatic rings. The number of rotatable bonds is 3. The predicted molar refractivity (Wildman–Crippen MR) is 119 cm³/mol. The molecule has 1 unspecified atom stereocenters. The first kappa shape index (κ1) is 25.5. The molecule has 0 saturated heterocycles. The highest BCUT2D eigenvalue weighted by molar-refractivity contribution is 5.48. The minimum atomic E-state index is -5.05. The number of halogens is 8. The van der Waals surface area contributed by atoms with Gasteiger partial charge in [-0.2, -0.15) is 26.3 Å². The number of hydrogen-bond acceptors (Lipinski definition) is 1. The first-order chi connectivity index (χ1) is 17.0. The third-order valence-corrected chi connectivity index (χ3v) is 8.39. The van der Waals surface area contributed by atoms with Crippen LogP contribution >= 0.6 is 0 Å². The van der Waals surface area contributed by atoms with E-state index in [-0.39, 0.29) is 23.2 Å². The smallest absolute Gasteiger partial charge is 0.277 e. The molecule has 2 atom stereocenters. The number of fused-ring (bicyclic) bond motifs is 5. The van der Waals surface area contributed by atoms with E-state index >= 15 is 0 Å². The van der Waals surface area contributed by atoms with Gasteiger partial charge in [0.1, 0.15) is 11.5 Å². The molecule has 1 fully saturated rings. The van der Waals surface area contributed by atoms with Crippen LogP contribution in [0.5, 0.6) is 0 Å². The molecule has 0 spiro atoms. The maximum atomic E-state index is 14.9. The fourth-order valence-electron chi connectivity index (χ4n) is 6.22. The number of alkyl halides is 6. The Hall–Kier alpha value is -3.11. The molecule has 11 heteroatoms. The zero-order chi connectivity index (χ0) is 27.3. The highest BCUT2D eigenvalue weighted by Crippen LogP contribution is 2.67. The fourth-order valence-corrected chi connectivity index (χ4v) is 6.22. The van der Waals surface area contributed by atoms with Gasteiger partial charge in [0.25, 0.3) is 5.56 Å². The molecule has 3 aromatic rings. The maximum Gasteiger partial charge on any atom is 0.416 e. The standard InChI is InChI=1S/C26H22F8N2O/c1-23(2)17-6-7-24(23,3)21-20(17)22(37)36(19-5-4-16(27)11-18(19)28)35(21)12-13-8-14(25(29,30)31)10-15(9-13)26(32,33)34/h4-5,8-11,17H,6-7,12H2,1-3H3/t17?,24-/m0/s1. The second-order valence-corrected chi connectivity index (χ2v) is 10.6. The van der Waals surface area contributed by atoms with Crippen molar-refractivity contribution in [3.8, 4) is 5.69 Å². The highest BCUT2D eigenvalue weighted by Gasteiger charge is 2.63. The lowest BCUT2D eigenvalue weighted by atomic mass is 9.70. The minimum absolute atomic E-state index is 0.0305. The number of hydrogen-bond donors (Lipinski definition) is 0. The Balaban J connectivity index is 1.79. The van der Waals surface area contributed by atoms with E-state index in [2.05, 4.69) is 0 Å². The summed E-state index contributed by atoms with van der Waals surface area (Å²) in [6.45, 7) is 5.26. The number of nitrogens with zero attached hydrogens (tertiary/aromatic N) is 2. The van der Waals surface area contributed by atoms with Crippen LogP contribution in [0.25, 0.3) is 5.69 Å². The van der Waals surface area contributed by atoms with E-state index in [1.54, 1.807) is 0 Å². The van der Waals surface area contributed by atoms with Gasteiger partial charge in [0.15, 0.2) is 5.82 Å². The van der Waals surface area contributed by atoms with Crippen molar-refractivity contribution in [2.75, 3.05) is 0 Å². The maximum absolute atomic E-state index is 14.9. The fraction of sp³-hybridized carbons (Fsp3) is 0.423. The molecule has 198 valence electrons. The van der Waals surface area contributed by atoms with Crippen molar-refractivity contribution in [3.05, 3.63) is 86.3 Å². The van der Waals surface area contributed by atoms with Gasteiger partial charge in [0.05, 0.1) is 23.4 Å². The molecule has 1 aromatic heterocycles. The zero-order valence-electron chi connectivity index (χ0n) is 20.0. The summed E-state index contributed by atoms with van der Waals surface area (Å²) in [4.78, 5) is 13.7. The normalized spacial score (nSPS) is 22.5. The molecule has 1 saturated carbocycles. The van der Waals surface area contributed by atoms with Gasteiger partial charge < -0.3 is 0 Å². The van der Waals surface area contributed by atoms with Crippen LogP contribution in [0.1, 0.15) is 67.5 Å². The van der Waals surface area contributed by atoms with Crippen molar-refractivity contribution in [1.29, 1.82) is 0 Å². The average Bonchev–Trinajstić information content (AvgIpc) is 3.24. The number of aromatic nitrogens is 2. The Bertz CT molecular complexity index is 1450. The molecule has 0 amide bonds. The SMILES string of the molecule is CC1(C)C2CC[C@@]1(C)c1c2c(=O)n(-c2ccc(F)cc2F)n1Cc1cc(C(F)(F)F)cc(C(F)(F)F)c1. The van der Waals surface area contributed by atoms with Crippen LogP contribution in [0.2, 0.25) is 0 Å². The molecule has 0 aliphatic heterocycles. The van der Waals surface area contributed by atoms with E-state index in [0.29, 0.717) is 42.3 Å². The van der Waals surface area contributed by atoms with Gasteiger partial charge in [0, 0.05) is 17.0 Å². The van der Waals surface area contributed by atoms with Crippen LogP contribution in [-0.4, -0.2) is 9.36 Å². The molecule has 2 aliphatic carbocycles. The van der Waals surface area contributed by atoms with Crippen LogP contribution in [0.15, 0.2) is 41.2 Å². The van der Waals surface area contributed by atoms with Crippen molar-refractivity contribution in [2.45, 2.75) is 63.8 Å². The van der Waals surface area contributed by atoms with Gasteiger partial charge in [0.2, 0.25) is 0 Å². The molecule has 2 aromatic carbocycles. The summed E-state index contributed by atoms with van der Waals surface area (Å²) in [5.41, 5.74) is -4.56. The summed E-state index contributed by atoms with van der Waals surface area (Å²) in [6, 6.07) is 3.75. The lowest BCUT2D eigenvalue weighted by molar-refractivity contribution is -0.143. The minimum Gasteiger partial charge on any atom is -0.277 e. The summed E-state index contributed by atoms with van der Waals surface area (Å²) in [5.74, 6) is -2.22. The van der Waals surface area contributed by atoms with E-state index in [9.17, 15) is 39.9 Å². The Morgan fingerprint density at radius 3 is 2.05 bits per heavy atom. The summed E-state index contributed by atoms with van der Waals surface area (Å²) >= 11 is 0. The van der Waals surface area contributed by atoms with E-state index in [4.69, 9.17) is 0 Å². The summed E-state index contributed by atoms with van der Waals surface area (Å²) in [6.07, 6.45) is -8.82. The molecule has 5 rings (SSSR count). The van der Waals surface area contributed by atoms with Crippen LogP contribution in [0, 0.1) is 17.0 Å². The second-order valence-electron chi connectivity index (χ2n) is 10.6. The first-order valence-electron chi connectivity index (χ1n) is 11.6. The Morgan fingerprint density at radius 1 is 0.919 bits per heavy atom. The summed E-state index contributed by atoms with van der Waals surface area (Å²) in [5, 5.41) is 0. The molecule has 2 bridgehead atoms. The van der Waals surface area contributed by atoms with Crippen molar-refractivity contribution in [3.63, 3.8) is 0 Å². The third-order valence-electron chi connectivity index (χ3n) is 8.39. The quantitative estimate of drug-likeness (QED) is 0.330. The lowest BCUT2D eigenvalue weighted by Gasteiger charge is -2.36. The molecular formula is C26H22F8N2O. The van der Waals surface area contributed by atoms with Gasteiger partial charge in [-0.05, 0) is 60.1 Å². The molecular weight excluding hydrogens is 508 g/mol. The predicted octanol–water partition coefficient (Wildman–Crippen LogP) is 7.18. The third kappa shape index (κ3) is 3.64. The second kappa shape index (κ2) is 7.70. The van der Waals surface area contributed by atoms with Gasteiger partial charge in [-0.1, -0.05) is 20.8 Å². The van der Waals surface area contributed by atoms with Crippen LogP contribution in [0.3, 0.4) is 0 Å². The van der Waals surface area contributed by atoms with Crippen molar-refractivity contribution >= 4 is 0 Å². The van der Waals surface area contributed by atoms with Gasteiger partial charge in [-0.15, -0.1) is 0 Å². The average molecular weight is 530 g/mol. The molecule has 0 N–H and O–H groups in total. The highest BCUT2D eigenvalue weighted by atomic mass is 19.4. The van der Waals surface area contributed by atoms with E-state index < -0.39 is 58.0 Å². The molecule has 0 radical (unpaired) electrons. The first-order valence-corrected chi connectivity index (χ1v) is 11.6. The number of benzene rings is 2.